The number of rotatable bonds is 3. The highest BCUT2D eigenvalue weighted by Gasteiger charge is 2.53. The fraction of sp³-hybridized carbons (Fsp3) is 0.882. The summed E-state index contributed by atoms with van der Waals surface area (Å²) >= 11 is 0. The van der Waals surface area contributed by atoms with E-state index in [-0.39, 0.29) is 11.1 Å². The Hall–Kier alpha value is -0.385. The van der Waals surface area contributed by atoms with E-state index in [1.54, 1.807) is 0 Å². The standard InChI is InChI=1S/C17H31BFNO2/c1-15(2,11-20)13-9-7-12(8-10-13)14(19)18-21-16(3,4)17(5,6)22-18/h13H,7-11,20H2,1-6H3. The molecule has 0 spiro atoms. The van der Waals surface area contributed by atoms with Gasteiger partial charge in [0.1, 0.15) is 5.73 Å². The molecule has 126 valence electrons. The van der Waals surface area contributed by atoms with Crippen molar-refractivity contribution in [2.24, 2.45) is 17.1 Å². The molecule has 0 bridgehead atoms. The van der Waals surface area contributed by atoms with Crippen LogP contribution in [0.3, 0.4) is 0 Å². The van der Waals surface area contributed by atoms with Crippen LogP contribution >= 0.6 is 0 Å². The van der Waals surface area contributed by atoms with E-state index in [2.05, 4.69) is 13.8 Å². The third-order valence-corrected chi connectivity index (χ3v) is 6.02. The number of nitrogens with two attached hydrogens (primary N) is 1. The van der Waals surface area contributed by atoms with Crippen molar-refractivity contribution >= 4 is 7.12 Å². The molecule has 3 nitrogen and oxygen atoms in total. The van der Waals surface area contributed by atoms with E-state index in [0.29, 0.717) is 12.5 Å². The fourth-order valence-electron chi connectivity index (χ4n) is 3.27. The van der Waals surface area contributed by atoms with E-state index in [9.17, 15) is 4.39 Å². The zero-order valence-electron chi connectivity index (χ0n) is 15.0. The van der Waals surface area contributed by atoms with Crippen LogP contribution < -0.4 is 5.73 Å². The van der Waals surface area contributed by atoms with Crippen LogP contribution in [0.25, 0.3) is 0 Å². The summed E-state index contributed by atoms with van der Waals surface area (Å²) in [6, 6.07) is 0. The zero-order valence-corrected chi connectivity index (χ0v) is 15.0. The van der Waals surface area contributed by atoms with Gasteiger partial charge in [0.15, 0.2) is 0 Å². The van der Waals surface area contributed by atoms with E-state index in [1.807, 2.05) is 27.7 Å². The van der Waals surface area contributed by atoms with Crippen molar-refractivity contribution in [1.82, 2.24) is 0 Å². The van der Waals surface area contributed by atoms with Gasteiger partial charge in [0.05, 0.1) is 11.2 Å². The smallest absolute Gasteiger partial charge is 0.398 e. The lowest BCUT2D eigenvalue weighted by molar-refractivity contribution is 0.00578. The van der Waals surface area contributed by atoms with Crippen molar-refractivity contribution in [1.29, 1.82) is 0 Å². The first-order valence-corrected chi connectivity index (χ1v) is 8.43. The molecule has 1 heterocycles. The monoisotopic (exact) mass is 311 g/mol. The molecule has 0 unspecified atom stereocenters. The Morgan fingerprint density at radius 1 is 1.18 bits per heavy atom. The summed E-state index contributed by atoms with van der Waals surface area (Å²) in [5.41, 5.74) is 5.67. The van der Waals surface area contributed by atoms with Crippen LogP contribution in [0.1, 0.15) is 67.2 Å². The first kappa shape index (κ1) is 18.0. The summed E-state index contributed by atoms with van der Waals surface area (Å²) in [4.78, 5) is 0. The van der Waals surface area contributed by atoms with E-state index < -0.39 is 18.3 Å². The van der Waals surface area contributed by atoms with Crippen molar-refractivity contribution in [3.05, 3.63) is 11.3 Å². The highest BCUT2D eigenvalue weighted by Crippen LogP contribution is 2.43. The van der Waals surface area contributed by atoms with E-state index in [4.69, 9.17) is 15.0 Å². The lowest BCUT2D eigenvalue weighted by atomic mass is 9.68. The summed E-state index contributed by atoms with van der Waals surface area (Å²) in [6.45, 7) is 12.9. The molecule has 0 aromatic rings. The molecule has 2 fully saturated rings. The Labute approximate surface area is 135 Å². The van der Waals surface area contributed by atoms with Gasteiger partial charge in [-0.05, 0) is 76.8 Å². The molecule has 0 amide bonds. The molecule has 5 heteroatoms. The first-order chi connectivity index (χ1) is 10.00. The Morgan fingerprint density at radius 2 is 1.64 bits per heavy atom. The number of halogens is 1. The highest BCUT2D eigenvalue weighted by atomic mass is 19.1. The lowest BCUT2D eigenvalue weighted by Crippen LogP contribution is -2.41. The second-order valence-corrected chi connectivity index (χ2v) is 8.51. The van der Waals surface area contributed by atoms with Gasteiger partial charge in [-0.25, -0.2) is 4.39 Å². The molecule has 2 rings (SSSR count). The minimum Gasteiger partial charge on any atom is -0.398 e. The minimum atomic E-state index is -0.848. The predicted molar refractivity (Wildman–Crippen MR) is 89.0 cm³/mol. The van der Waals surface area contributed by atoms with Crippen LogP contribution in [-0.2, 0) is 9.31 Å². The highest BCUT2D eigenvalue weighted by molar-refractivity contribution is 6.53. The third kappa shape index (κ3) is 3.27. The Bertz CT molecular complexity index is 434. The van der Waals surface area contributed by atoms with Crippen molar-refractivity contribution in [3.8, 4) is 0 Å². The summed E-state index contributed by atoms with van der Waals surface area (Å²) in [7, 11) is -0.848. The molecule has 2 aliphatic rings. The second kappa shape index (κ2) is 5.92. The van der Waals surface area contributed by atoms with Crippen LogP contribution in [0.4, 0.5) is 4.39 Å². The Kier molecular flexibility index (Phi) is 4.83. The quantitative estimate of drug-likeness (QED) is 0.801. The van der Waals surface area contributed by atoms with Gasteiger partial charge in [-0.15, -0.1) is 0 Å². The molecule has 22 heavy (non-hydrogen) atoms. The van der Waals surface area contributed by atoms with Gasteiger partial charge in [0.2, 0.25) is 0 Å². The van der Waals surface area contributed by atoms with Crippen molar-refractivity contribution in [2.75, 3.05) is 6.54 Å². The molecule has 0 radical (unpaired) electrons. The summed E-state index contributed by atoms with van der Waals surface area (Å²) < 4.78 is 26.4. The molecule has 1 aliphatic heterocycles. The first-order valence-electron chi connectivity index (χ1n) is 8.43. The maximum atomic E-state index is 14.8. The number of hydrogen-bond donors (Lipinski definition) is 1. The molecule has 0 atom stereocenters. The van der Waals surface area contributed by atoms with E-state index in [1.165, 1.54) is 0 Å². The van der Waals surface area contributed by atoms with Gasteiger partial charge in [-0.1, -0.05) is 13.8 Å². The van der Waals surface area contributed by atoms with E-state index in [0.717, 1.165) is 31.3 Å². The summed E-state index contributed by atoms with van der Waals surface area (Å²) in [5, 5.41) is 0. The molecule has 0 aromatic heterocycles. The number of allylic oxidation sites excluding steroid dienone is 1. The van der Waals surface area contributed by atoms with Gasteiger partial charge < -0.3 is 15.0 Å². The normalized spacial score (nSPS) is 28.1. The zero-order chi connectivity index (χ0) is 16.8. The minimum absolute atomic E-state index is 0.131. The second-order valence-electron chi connectivity index (χ2n) is 8.51. The molecular weight excluding hydrogens is 280 g/mol. The molecule has 1 aliphatic carbocycles. The van der Waals surface area contributed by atoms with Crippen molar-refractivity contribution in [3.63, 3.8) is 0 Å². The third-order valence-electron chi connectivity index (χ3n) is 6.02. The predicted octanol–water partition coefficient (Wildman–Crippen LogP) is 4.02. The molecule has 1 saturated heterocycles. The van der Waals surface area contributed by atoms with Crippen LogP contribution in [0.5, 0.6) is 0 Å². The molecular formula is C17H31BFNO2. The van der Waals surface area contributed by atoms with Crippen LogP contribution in [0.15, 0.2) is 11.3 Å². The topological polar surface area (TPSA) is 44.5 Å². The van der Waals surface area contributed by atoms with E-state index >= 15 is 0 Å². The summed E-state index contributed by atoms with van der Waals surface area (Å²) in [5.74, 6) is 0.562. The lowest BCUT2D eigenvalue weighted by Gasteiger charge is -2.37. The maximum Gasteiger partial charge on any atom is 0.525 e. The molecule has 1 saturated carbocycles. The Balaban J connectivity index is 2.05. The van der Waals surface area contributed by atoms with Gasteiger partial charge >= 0.3 is 7.12 Å². The van der Waals surface area contributed by atoms with Gasteiger partial charge in [-0.3, -0.25) is 0 Å². The molecule has 2 N–H and O–H groups in total. The fourth-order valence-corrected chi connectivity index (χ4v) is 3.27. The number of hydrogen-bond acceptors (Lipinski definition) is 3. The van der Waals surface area contributed by atoms with Crippen LogP contribution in [0, 0.1) is 11.3 Å². The molecule has 0 aromatic carbocycles. The largest absolute Gasteiger partial charge is 0.525 e. The van der Waals surface area contributed by atoms with Crippen molar-refractivity contribution in [2.45, 2.75) is 78.4 Å². The van der Waals surface area contributed by atoms with Gasteiger partial charge in [-0.2, -0.15) is 0 Å². The van der Waals surface area contributed by atoms with Crippen LogP contribution in [-0.4, -0.2) is 24.9 Å². The average Bonchev–Trinajstić information content (AvgIpc) is 2.67. The van der Waals surface area contributed by atoms with Gasteiger partial charge in [0, 0.05) is 0 Å². The van der Waals surface area contributed by atoms with Crippen LogP contribution in [0.2, 0.25) is 0 Å². The average molecular weight is 311 g/mol. The summed E-state index contributed by atoms with van der Waals surface area (Å²) in [6.07, 6.45) is 3.55. The Morgan fingerprint density at radius 3 is 2.05 bits per heavy atom. The maximum absolute atomic E-state index is 14.8. The SMILES string of the molecule is CC(C)(CN)C1CCC(=C(F)B2OC(C)(C)C(C)(C)O2)CC1. The van der Waals surface area contributed by atoms with Crippen molar-refractivity contribution < 1.29 is 13.7 Å². The van der Waals surface area contributed by atoms with Gasteiger partial charge in [0.25, 0.3) is 0 Å².